The van der Waals surface area contributed by atoms with Crippen LogP contribution < -0.4 is 4.90 Å². The fourth-order valence-electron chi connectivity index (χ4n) is 4.65. The predicted molar refractivity (Wildman–Crippen MR) is 135 cm³/mol. The van der Waals surface area contributed by atoms with E-state index in [4.69, 9.17) is 0 Å². The van der Waals surface area contributed by atoms with Gasteiger partial charge < -0.3 is 4.90 Å². The van der Waals surface area contributed by atoms with Crippen LogP contribution in [0.3, 0.4) is 0 Å². The van der Waals surface area contributed by atoms with Crippen LogP contribution in [0.15, 0.2) is 59.6 Å². The number of carbonyl (C=O) groups excluding carboxylic acids is 4. The molecule has 2 heterocycles. The van der Waals surface area contributed by atoms with E-state index >= 15 is 0 Å². The van der Waals surface area contributed by atoms with Crippen molar-refractivity contribution in [2.75, 3.05) is 18.0 Å². The van der Waals surface area contributed by atoms with Gasteiger partial charge in [0.15, 0.2) is 11.6 Å². The van der Waals surface area contributed by atoms with E-state index in [0.29, 0.717) is 48.5 Å². The van der Waals surface area contributed by atoms with Crippen LogP contribution >= 0.6 is 0 Å². The molecular weight excluding hydrogens is 494 g/mol. The number of hydrogen-bond acceptors (Lipinski definition) is 6. The minimum atomic E-state index is -0.758. The molecule has 198 valence electrons. The van der Waals surface area contributed by atoms with Crippen molar-refractivity contribution < 1.29 is 28.0 Å². The van der Waals surface area contributed by atoms with E-state index in [1.54, 1.807) is 24.8 Å². The van der Waals surface area contributed by atoms with Crippen molar-refractivity contribution >= 4 is 29.2 Å². The molecule has 10 heteroatoms. The van der Waals surface area contributed by atoms with Gasteiger partial charge in [-0.1, -0.05) is 6.07 Å². The van der Waals surface area contributed by atoms with Gasteiger partial charge in [0.25, 0.3) is 0 Å². The molecule has 8 nitrogen and oxygen atoms in total. The highest BCUT2D eigenvalue weighted by Gasteiger charge is 2.32. The number of anilines is 1. The summed E-state index contributed by atoms with van der Waals surface area (Å²) in [6.07, 6.45) is 5.15. The highest BCUT2D eigenvalue weighted by atomic mass is 19.1. The quantitative estimate of drug-likeness (QED) is 0.514. The second-order valence-corrected chi connectivity index (χ2v) is 9.50. The predicted octanol–water partition coefficient (Wildman–Crippen LogP) is 3.72. The van der Waals surface area contributed by atoms with E-state index in [1.807, 2.05) is 0 Å². The molecule has 2 aromatic rings. The maximum Gasteiger partial charge on any atom is 0.231 e. The van der Waals surface area contributed by atoms with Crippen LogP contribution in [0, 0.1) is 17.6 Å². The first-order chi connectivity index (χ1) is 18.2. The van der Waals surface area contributed by atoms with Gasteiger partial charge >= 0.3 is 0 Å². The summed E-state index contributed by atoms with van der Waals surface area (Å²) in [5, 5.41) is 0. The Bertz CT molecular complexity index is 1330. The molecule has 1 aliphatic heterocycles. The van der Waals surface area contributed by atoms with Crippen LogP contribution in [-0.4, -0.2) is 51.3 Å². The first kappa shape index (κ1) is 27.0. The molecule has 0 saturated carbocycles. The van der Waals surface area contributed by atoms with Crippen LogP contribution in [0.5, 0.6) is 0 Å². The topological polar surface area (TPSA) is 101 Å². The van der Waals surface area contributed by atoms with E-state index < -0.39 is 17.6 Å². The van der Waals surface area contributed by atoms with Crippen LogP contribution in [0.4, 0.5) is 14.6 Å². The Morgan fingerprint density at radius 3 is 2.47 bits per heavy atom. The number of ketones is 2. The summed E-state index contributed by atoms with van der Waals surface area (Å²) in [7, 11) is 0. The largest absolute Gasteiger partial charge is 0.343 e. The third-order valence-electron chi connectivity index (χ3n) is 7.13. The zero-order valence-electron chi connectivity index (χ0n) is 21.2. The van der Waals surface area contributed by atoms with E-state index in [2.05, 4.69) is 9.97 Å². The van der Waals surface area contributed by atoms with E-state index in [0.717, 1.165) is 12.1 Å². The van der Waals surface area contributed by atoms with E-state index in [-0.39, 0.29) is 48.3 Å². The first-order valence-electron chi connectivity index (χ1n) is 12.4. The molecule has 0 unspecified atom stereocenters. The number of halogens is 2. The Morgan fingerprint density at radius 1 is 1.08 bits per heavy atom. The minimum Gasteiger partial charge on any atom is -0.343 e. The summed E-state index contributed by atoms with van der Waals surface area (Å²) in [5.74, 6) is -2.43. The molecular formula is C28H28F2N4O4. The van der Waals surface area contributed by atoms with Gasteiger partial charge in [0.05, 0.1) is 6.54 Å². The van der Waals surface area contributed by atoms with Gasteiger partial charge in [0.2, 0.25) is 11.8 Å². The molecule has 0 N–H and O–H groups in total. The first-order valence-corrected chi connectivity index (χ1v) is 12.4. The molecule has 38 heavy (non-hydrogen) atoms. The Morgan fingerprint density at radius 2 is 1.82 bits per heavy atom. The normalized spacial score (nSPS) is 16.5. The maximum absolute atomic E-state index is 14.4. The lowest BCUT2D eigenvalue weighted by Crippen LogP contribution is -2.44. The summed E-state index contributed by atoms with van der Waals surface area (Å²) in [4.78, 5) is 61.8. The Kier molecular flexibility index (Phi) is 8.19. The van der Waals surface area contributed by atoms with Crippen molar-refractivity contribution in [1.29, 1.82) is 0 Å². The number of aromatic nitrogens is 2. The Balaban J connectivity index is 1.38. The highest BCUT2D eigenvalue weighted by Crippen LogP contribution is 2.26. The molecule has 1 fully saturated rings. The van der Waals surface area contributed by atoms with Gasteiger partial charge in [-0.3, -0.25) is 24.1 Å². The van der Waals surface area contributed by atoms with Crippen molar-refractivity contribution in [3.8, 4) is 0 Å². The third-order valence-corrected chi connectivity index (χ3v) is 7.13. The molecule has 4 rings (SSSR count). The number of carbonyl (C=O) groups is 4. The number of likely N-dealkylation sites (tertiary alicyclic amines) is 1. The molecule has 1 aromatic carbocycles. The summed E-state index contributed by atoms with van der Waals surface area (Å²) in [5.41, 5.74) is 1.32. The van der Waals surface area contributed by atoms with Crippen molar-refractivity contribution in [3.63, 3.8) is 0 Å². The summed E-state index contributed by atoms with van der Waals surface area (Å²) in [6.45, 7) is 3.79. The molecule has 0 spiro atoms. The lowest BCUT2D eigenvalue weighted by molar-refractivity contribution is -0.135. The lowest BCUT2D eigenvalue weighted by Gasteiger charge is -2.34. The van der Waals surface area contributed by atoms with Crippen molar-refractivity contribution in [3.05, 3.63) is 76.8 Å². The number of piperidine rings is 1. The summed E-state index contributed by atoms with van der Waals surface area (Å²) in [6, 6.07) is 4.75. The number of hydrogen-bond donors (Lipinski definition) is 0. The molecule has 2 aliphatic rings. The molecule has 1 aliphatic carbocycles. The molecule has 1 saturated heterocycles. The lowest BCUT2D eigenvalue weighted by atomic mass is 9.89. The van der Waals surface area contributed by atoms with Gasteiger partial charge in [0, 0.05) is 60.0 Å². The fourth-order valence-corrected chi connectivity index (χ4v) is 4.65. The van der Waals surface area contributed by atoms with Crippen molar-refractivity contribution in [2.45, 2.75) is 46.1 Å². The molecule has 2 amide bonds. The van der Waals surface area contributed by atoms with Crippen LogP contribution in [0.1, 0.15) is 45.1 Å². The SMILES string of the molecule is CC1=C(C)C(=O)C(CCC(=O)N2CCC(C(=O)N(Cc3ccc(F)cc3F)c3ccncn3)CC2)=CC1=O. The van der Waals surface area contributed by atoms with Crippen LogP contribution in [-0.2, 0) is 25.7 Å². The molecule has 0 atom stereocenters. The molecule has 0 bridgehead atoms. The standard InChI is InChI=1S/C28H28F2N4O4/c1-17-18(2)27(37)20(13-24(17)35)4-6-26(36)33-11-8-19(9-12-33)28(38)34(25-7-10-31-16-32-25)15-21-3-5-22(29)14-23(21)30/h3,5,7,10,13-14,16,19H,4,6,8-9,11-12,15H2,1-2H3. The van der Waals surface area contributed by atoms with Gasteiger partial charge in [-0.25, -0.2) is 18.7 Å². The summed E-state index contributed by atoms with van der Waals surface area (Å²) < 4.78 is 27.7. The molecule has 1 aromatic heterocycles. The van der Waals surface area contributed by atoms with Crippen LogP contribution in [0.25, 0.3) is 0 Å². The van der Waals surface area contributed by atoms with Gasteiger partial charge in [0.1, 0.15) is 23.8 Å². The zero-order chi connectivity index (χ0) is 27.4. The number of benzene rings is 1. The second-order valence-electron chi connectivity index (χ2n) is 9.50. The number of allylic oxidation sites excluding steroid dienone is 4. The number of Topliss-reactive ketones (excluding diaryl/α,β-unsaturated/α-hetero) is 1. The van der Waals surface area contributed by atoms with Gasteiger partial charge in [-0.15, -0.1) is 0 Å². The number of nitrogens with zero attached hydrogens (tertiary/aromatic N) is 4. The monoisotopic (exact) mass is 522 g/mol. The van der Waals surface area contributed by atoms with Gasteiger partial charge in [-0.2, -0.15) is 0 Å². The van der Waals surface area contributed by atoms with E-state index in [1.165, 1.54) is 29.6 Å². The molecule has 0 radical (unpaired) electrons. The zero-order valence-corrected chi connectivity index (χ0v) is 21.2. The van der Waals surface area contributed by atoms with Gasteiger partial charge in [-0.05, 0) is 51.3 Å². The summed E-state index contributed by atoms with van der Waals surface area (Å²) >= 11 is 0. The van der Waals surface area contributed by atoms with Crippen molar-refractivity contribution in [1.82, 2.24) is 14.9 Å². The average Bonchev–Trinajstić information content (AvgIpc) is 2.92. The van der Waals surface area contributed by atoms with Crippen molar-refractivity contribution in [2.24, 2.45) is 5.92 Å². The Hall–Kier alpha value is -4.08. The van der Waals surface area contributed by atoms with Crippen LogP contribution in [0.2, 0.25) is 0 Å². The number of rotatable bonds is 7. The Labute approximate surface area is 219 Å². The van der Waals surface area contributed by atoms with E-state index in [9.17, 15) is 28.0 Å². The highest BCUT2D eigenvalue weighted by molar-refractivity contribution is 6.22. The number of amides is 2. The maximum atomic E-state index is 14.4. The minimum absolute atomic E-state index is 0.0900. The average molecular weight is 523 g/mol. The smallest absolute Gasteiger partial charge is 0.231 e. The third kappa shape index (κ3) is 5.90. The fraction of sp³-hybridized carbons (Fsp3) is 0.357. The second kappa shape index (κ2) is 11.5.